The highest BCUT2D eigenvalue weighted by atomic mass is 79.9. The van der Waals surface area contributed by atoms with E-state index in [1.807, 2.05) is 17.8 Å². The van der Waals surface area contributed by atoms with Gasteiger partial charge in [0.25, 0.3) is 0 Å². The van der Waals surface area contributed by atoms with E-state index in [1.165, 1.54) is 16.7 Å². The van der Waals surface area contributed by atoms with Crippen molar-refractivity contribution in [2.75, 3.05) is 0 Å². The van der Waals surface area contributed by atoms with Crippen LogP contribution in [0.1, 0.15) is 29.2 Å². The Bertz CT molecular complexity index is 832. The van der Waals surface area contributed by atoms with Gasteiger partial charge in [0.15, 0.2) is 0 Å². The summed E-state index contributed by atoms with van der Waals surface area (Å²) in [5, 5.41) is 15.4. The Hall–Kier alpha value is -1.65. The molecule has 3 rings (SSSR count). The Morgan fingerprint density at radius 2 is 1.91 bits per heavy atom. The third-order valence-corrected chi connectivity index (χ3v) is 4.74. The Morgan fingerprint density at radius 3 is 2.57 bits per heavy atom. The molecule has 4 heteroatoms. The summed E-state index contributed by atoms with van der Waals surface area (Å²) < 4.78 is 3.06. The first kappa shape index (κ1) is 16.2. The molecule has 1 heterocycles. The molecule has 0 spiro atoms. The fourth-order valence-electron chi connectivity index (χ4n) is 3.07. The number of halogens is 1. The number of hydrogen-bond acceptors (Lipinski definition) is 2. The Balaban J connectivity index is 2.07. The Labute approximate surface area is 145 Å². The lowest BCUT2D eigenvalue weighted by Gasteiger charge is -2.12. The molecule has 1 unspecified atom stereocenters. The van der Waals surface area contributed by atoms with Gasteiger partial charge in [-0.3, -0.25) is 4.68 Å². The molecule has 23 heavy (non-hydrogen) atoms. The van der Waals surface area contributed by atoms with Gasteiger partial charge in [-0.2, -0.15) is 5.10 Å². The van der Waals surface area contributed by atoms with Crippen molar-refractivity contribution < 1.29 is 5.11 Å². The molecule has 0 bridgehead atoms. The van der Waals surface area contributed by atoms with Gasteiger partial charge in [0, 0.05) is 9.86 Å². The van der Waals surface area contributed by atoms with E-state index in [2.05, 4.69) is 65.2 Å². The SMILES string of the molecule is Cc1cccc(C)c1Cn1ncc2c(CC(C)O)cc(Br)cc21. The molecule has 0 aliphatic carbocycles. The minimum absolute atomic E-state index is 0.366. The topological polar surface area (TPSA) is 38.0 Å². The minimum Gasteiger partial charge on any atom is -0.393 e. The number of nitrogens with zero attached hydrogens (tertiary/aromatic N) is 2. The van der Waals surface area contributed by atoms with Crippen LogP contribution >= 0.6 is 15.9 Å². The molecule has 0 saturated heterocycles. The number of aliphatic hydroxyl groups is 1. The lowest BCUT2D eigenvalue weighted by atomic mass is 10.0. The number of rotatable bonds is 4. The van der Waals surface area contributed by atoms with Gasteiger partial charge in [0.2, 0.25) is 0 Å². The lowest BCUT2D eigenvalue weighted by molar-refractivity contribution is 0.196. The quantitative estimate of drug-likeness (QED) is 0.737. The van der Waals surface area contributed by atoms with Crippen LogP contribution < -0.4 is 0 Å². The van der Waals surface area contributed by atoms with Crippen molar-refractivity contribution in [3.63, 3.8) is 0 Å². The van der Waals surface area contributed by atoms with Gasteiger partial charge in [-0.05, 0) is 61.6 Å². The van der Waals surface area contributed by atoms with Gasteiger partial charge in [0.05, 0.1) is 24.4 Å². The smallest absolute Gasteiger partial charge is 0.0700 e. The molecule has 1 aromatic heterocycles. The van der Waals surface area contributed by atoms with E-state index in [1.54, 1.807) is 0 Å². The number of fused-ring (bicyclic) bond motifs is 1. The van der Waals surface area contributed by atoms with Crippen LogP contribution in [-0.4, -0.2) is 21.0 Å². The van der Waals surface area contributed by atoms with Gasteiger partial charge >= 0.3 is 0 Å². The van der Waals surface area contributed by atoms with Gasteiger partial charge in [-0.25, -0.2) is 0 Å². The molecule has 0 aliphatic heterocycles. The van der Waals surface area contributed by atoms with Crippen LogP contribution in [0.2, 0.25) is 0 Å². The van der Waals surface area contributed by atoms with Crippen LogP contribution in [0.15, 0.2) is 41.0 Å². The van der Waals surface area contributed by atoms with Gasteiger partial charge < -0.3 is 5.11 Å². The normalized spacial score (nSPS) is 12.7. The van der Waals surface area contributed by atoms with Crippen molar-refractivity contribution in [3.8, 4) is 0 Å². The largest absolute Gasteiger partial charge is 0.393 e. The highest BCUT2D eigenvalue weighted by Gasteiger charge is 2.12. The first-order valence-electron chi connectivity index (χ1n) is 7.83. The zero-order valence-corrected chi connectivity index (χ0v) is 15.3. The highest BCUT2D eigenvalue weighted by molar-refractivity contribution is 9.10. The van der Waals surface area contributed by atoms with Crippen molar-refractivity contribution >= 4 is 26.8 Å². The molecule has 0 fully saturated rings. The van der Waals surface area contributed by atoms with E-state index in [0.29, 0.717) is 6.42 Å². The standard InChI is InChI=1S/C19H21BrN2O/c1-12-5-4-6-13(2)18(12)11-22-19-9-16(20)8-15(7-14(3)23)17(19)10-21-22/h4-6,8-10,14,23H,7,11H2,1-3H3. The summed E-state index contributed by atoms with van der Waals surface area (Å²) >= 11 is 3.58. The Morgan fingerprint density at radius 1 is 1.22 bits per heavy atom. The first-order chi connectivity index (χ1) is 11.0. The van der Waals surface area contributed by atoms with Crippen molar-refractivity contribution in [1.29, 1.82) is 0 Å². The summed E-state index contributed by atoms with van der Waals surface area (Å²) in [5.41, 5.74) is 6.10. The summed E-state index contributed by atoms with van der Waals surface area (Å²) in [4.78, 5) is 0. The maximum absolute atomic E-state index is 9.73. The first-order valence-corrected chi connectivity index (χ1v) is 8.62. The van der Waals surface area contributed by atoms with Gasteiger partial charge in [-0.15, -0.1) is 0 Å². The number of aryl methyl sites for hydroxylation is 2. The van der Waals surface area contributed by atoms with Gasteiger partial charge in [0.1, 0.15) is 0 Å². The predicted octanol–water partition coefficient (Wildman–Crippen LogP) is 4.39. The van der Waals surface area contributed by atoms with E-state index < -0.39 is 0 Å². The summed E-state index contributed by atoms with van der Waals surface area (Å²) in [6.07, 6.45) is 2.17. The lowest BCUT2D eigenvalue weighted by Crippen LogP contribution is -2.06. The van der Waals surface area contributed by atoms with Crippen LogP contribution in [0.25, 0.3) is 10.9 Å². The van der Waals surface area contributed by atoms with E-state index in [9.17, 15) is 5.11 Å². The van der Waals surface area contributed by atoms with E-state index in [4.69, 9.17) is 0 Å². The fraction of sp³-hybridized carbons (Fsp3) is 0.316. The highest BCUT2D eigenvalue weighted by Crippen LogP contribution is 2.26. The second-order valence-electron chi connectivity index (χ2n) is 6.22. The van der Waals surface area contributed by atoms with E-state index >= 15 is 0 Å². The van der Waals surface area contributed by atoms with Crippen molar-refractivity contribution in [3.05, 3.63) is 63.3 Å². The maximum Gasteiger partial charge on any atom is 0.0700 e. The van der Waals surface area contributed by atoms with Crippen LogP contribution in [0.4, 0.5) is 0 Å². The molecule has 1 N–H and O–H groups in total. The molecule has 0 amide bonds. The Kier molecular flexibility index (Phi) is 4.55. The summed E-state index contributed by atoms with van der Waals surface area (Å²) in [5.74, 6) is 0. The molecular weight excluding hydrogens is 352 g/mol. The minimum atomic E-state index is -0.366. The molecule has 3 nitrogen and oxygen atoms in total. The monoisotopic (exact) mass is 372 g/mol. The van der Waals surface area contributed by atoms with Crippen molar-refractivity contribution in [1.82, 2.24) is 9.78 Å². The number of aromatic nitrogens is 2. The summed E-state index contributed by atoms with van der Waals surface area (Å²) in [6.45, 7) is 6.85. The summed E-state index contributed by atoms with van der Waals surface area (Å²) in [7, 11) is 0. The second kappa shape index (κ2) is 6.46. The maximum atomic E-state index is 9.73. The molecule has 0 saturated carbocycles. The predicted molar refractivity (Wildman–Crippen MR) is 97.8 cm³/mol. The molecule has 2 aromatic carbocycles. The average Bonchev–Trinajstić information content (AvgIpc) is 2.85. The zero-order chi connectivity index (χ0) is 16.6. The molecule has 120 valence electrons. The van der Waals surface area contributed by atoms with E-state index in [0.717, 1.165) is 27.5 Å². The molecular formula is C19H21BrN2O. The number of benzene rings is 2. The molecule has 1 atom stereocenters. The van der Waals surface area contributed by atoms with Crippen LogP contribution in [0.3, 0.4) is 0 Å². The summed E-state index contributed by atoms with van der Waals surface area (Å²) in [6, 6.07) is 10.5. The third kappa shape index (κ3) is 3.33. The zero-order valence-electron chi connectivity index (χ0n) is 13.7. The molecule has 3 aromatic rings. The van der Waals surface area contributed by atoms with Gasteiger partial charge in [-0.1, -0.05) is 34.1 Å². The number of aliphatic hydroxyl groups excluding tert-OH is 1. The second-order valence-corrected chi connectivity index (χ2v) is 7.14. The van der Waals surface area contributed by atoms with Crippen molar-refractivity contribution in [2.24, 2.45) is 0 Å². The van der Waals surface area contributed by atoms with E-state index in [-0.39, 0.29) is 6.10 Å². The van der Waals surface area contributed by atoms with Crippen molar-refractivity contribution in [2.45, 2.75) is 39.8 Å². The fourth-order valence-corrected chi connectivity index (χ4v) is 3.57. The average molecular weight is 373 g/mol. The number of hydrogen-bond donors (Lipinski definition) is 1. The van der Waals surface area contributed by atoms with Crippen LogP contribution in [-0.2, 0) is 13.0 Å². The molecule has 0 radical (unpaired) electrons. The molecule has 0 aliphatic rings. The third-order valence-electron chi connectivity index (χ3n) is 4.28. The van der Waals surface area contributed by atoms with Crippen LogP contribution in [0, 0.1) is 13.8 Å². The van der Waals surface area contributed by atoms with Crippen LogP contribution in [0.5, 0.6) is 0 Å².